The molecule has 7 nitrogen and oxygen atoms in total. The van der Waals surface area contributed by atoms with E-state index in [1.165, 1.54) is 18.2 Å². The maximum atomic E-state index is 11.7. The number of benzene rings is 1. The van der Waals surface area contributed by atoms with Crippen molar-refractivity contribution >= 4 is 21.6 Å². The molecule has 0 spiro atoms. The van der Waals surface area contributed by atoms with Crippen molar-refractivity contribution in [3.63, 3.8) is 0 Å². The third kappa shape index (κ3) is 4.76. The van der Waals surface area contributed by atoms with Gasteiger partial charge in [-0.25, -0.2) is 13.1 Å². The average molecular weight is 287 g/mol. The Balaban J connectivity index is 2.59. The molecule has 0 aliphatic rings. The topological polar surface area (TPSA) is 122 Å². The first-order valence-electron chi connectivity index (χ1n) is 5.69. The maximum Gasteiger partial charge on any atom is 0.253 e. The Kier molecular flexibility index (Phi) is 5.13. The summed E-state index contributed by atoms with van der Waals surface area (Å²) in [5.41, 5.74) is 5.92. The normalized spacial score (nSPS) is 11.2. The largest absolute Gasteiger partial charge is 0.508 e. The number of anilines is 1. The van der Waals surface area contributed by atoms with E-state index in [1.54, 1.807) is 6.92 Å². The van der Waals surface area contributed by atoms with Crippen LogP contribution in [0.4, 0.5) is 5.69 Å². The minimum Gasteiger partial charge on any atom is -0.508 e. The zero-order valence-electron chi connectivity index (χ0n) is 10.5. The molecule has 0 bridgehead atoms. The van der Waals surface area contributed by atoms with Gasteiger partial charge < -0.3 is 16.2 Å². The lowest BCUT2D eigenvalue weighted by molar-refractivity contribution is 0.0956. The first-order valence-corrected chi connectivity index (χ1v) is 7.35. The van der Waals surface area contributed by atoms with Crippen LogP contribution in [-0.2, 0) is 10.0 Å². The van der Waals surface area contributed by atoms with Crippen molar-refractivity contribution in [3.05, 3.63) is 23.8 Å². The molecule has 1 amide bonds. The van der Waals surface area contributed by atoms with Crippen molar-refractivity contribution in [3.8, 4) is 5.75 Å². The SMILES string of the molecule is CCNS(=O)(=O)CCNC(=O)c1cc(O)ccc1N. The molecule has 0 aliphatic heterocycles. The van der Waals surface area contributed by atoms with Gasteiger partial charge in [0.1, 0.15) is 5.75 Å². The Bertz CT molecular complexity index is 557. The number of hydrogen-bond acceptors (Lipinski definition) is 5. The van der Waals surface area contributed by atoms with E-state index >= 15 is 0 Å². The molecule has 0 aliphatic carbocycles. The number of nitrogens with one attached hydrogen (secondary N) is 2. The number of nitrogen functional groups attached to an aromatic ring is 1. The Morgan fingerprint density at radius 2 is 2.11 bits per heavy atom. The van der Waals surface area contributed by atoms with E-state index in [4.69, 9.17) is 5.73 Å². The van der Waals surface area contributed by atoms with Crippen molar-refractivity contribution < 1.29 is 18.3 Å². The summed E-state index contributed by atoms with van der Waals surface area (Å²) < 4.78 is 25.0. The molecule has 0 radical (unpaired) electrons. The van der Waals surface area contributed by atoms with E-state index in [2.05, 4.69) is 10.0 Å². The highest BCUT2D eigenvalue weighted by molar-refractivity contribution is 7.89. The molecule has 1 rings (SSSR count). The van der Waals surface area contributed by atoms with Crippen LogP contribution in [0.25, 0.3) is 0 Å². The molecule has 0 saturated carbocycles. The second-order valence-corrected chi connectivity index (χ2v) is 5.77. The highest BCUT2D eigenvalue weighted by Crippen LogP contribution is 2.17. The van der Waals surface area contributed by atoms with Gasteiger partial charge in [0.15, 0.2) is 0 Å². The molecule has 0 unspecified atom stereocenters. The summed E-state index contributed by atoms with van der Waals surface area (Å²) in [5, 5.41) is 11.7. The number of rotatable bonds is 6. The first-order chi connectivity index (χ1) is 8.85. The zero-order valence-corrected chi connectivity index (χ0v) is 11.3. The summed E-state index contributed by atoms with van der Waals surface area (Å²) in [6.45, 7) is 1.93. The van der Waals surface area contributed by atoms with E-state index in [-0.39, 0.29) is 29.3 Å². The fourth-order valence-corrected chi connectivity index (χ4v) is 2.38. The highest BCUT2D eigenvalue weighted by atomic mass is 32.2. The van der Waals surface area contributed by atoms with Gasteiger partial charge in [0, 0.05) is 18.8 Å². The van der Waals surface area contributed by atoms with Crippen LogP contribution in [0.1, 0.15) is 17.3 Å². The molecule has 1 aromatic rings. The Morgan fingerprint density at radius 1 is 1.42 bits per heavy atom. The Hall–Kier alpha value is -1.80. The molecule has 5 N–H and O–H groups in total. The predicted molar refractivity (Wildman–Crippen MR) is 72.3 cm³/mol. The smallest absolute Gasteiger partial charge is 0.253 e. The number of hydrogen-bond donors (Lipinski definition) is 4. The van der Waals surface area contributed by atoms with Gasteiger partial charge in [-0.3, -0.25) is 4.79 Å². The van der Waals surface area contributed by atoms with Crippen LogP contribution in [0.3, 0.4) is 0 Å². The number of carbonyl (C=O) groups excluding carboxylic acids is 1. The van der Waals surface area contributed by atoms with E-state index in [9.17, 15) is 18.3 Å². The van der Waals surface area contributed by atoms with Crippen LogP contribution in [0.2, 0.25) is 0 Å². The lowest BCUT2D eigenvalue weighted by Crippen LogP contribution is -2.34. The number of amides is 1. The third-order valence-electron chi connectivity index (χ3n) is 2.30. The van der Waals surface area contributed by atoms with Crippen molar-refractivity contribution in [2.45, 2.75) is 6.92 Å². The molecular weight excluding hydrogens is 270 g/mol. The molecule has 0 atom stereocenters. The molecule has 0 fully saturated rings. The van der Waals surface area contributed by atoms with Crippen molar-refractivity contribution in [1.82, 2.24) is 10.0 Å². The van der Waals surface area contributed by atoms with Crippen LogP contribution in [0.5, 0.6) is 5.75 Å². The molecular formula is C11H17N3O4S. The van der Waals surface area contributed by atoms with Gasteiger partial charge in [-0.2, -0.15) is 0 Å². The number of sulfonamides is 1. The van der Waals surface area contributed by atoms with Crippen LogP contribution in [0, 0.1) is 0 Å². The number of phenolic OH excluding ortho intramolecular Hbond substituents is 1. The van der Waals surface area contributed by atoms with Crippen LogP contribution in [-0.4, -0.2) is 38.3 Å². The first kappa shape index (κ1) is 15.3. The number of aromatic hydroxyl groups is 1. The van der Waals surface area contributed by atoms with Gasteiger partial charge in [-0.05, 0) is 18.2 Å². The standard InChI is InChI=1S/C11H17N3O4S/c1-2-14-19(17,18)6-5-13-11(16)9-7-8(15)3-4-10(9)12/h3-4,7,14-15H,2,5-6,12H2,1H3,(H,13,16). The van der Waals surface area contributed by atoms with E-state index in [0.29, 0.717) is 6.54 Å². The van der Waals surface area contributed by atoms with Gasteiger partial charge in [0.2, 0.25) is 10.0 Å². The van der Waals surface area contributed by atoms with Crippen LogP contribution >= 0.6 is 0 Å². The fourth-order valence-electron chi connectivity index (χ4n) is 1.43. The quantitative estimate of drug-likeness (QED) is 0.420. The average Bonchev–Trinajstić information content (AvgIpc) is 2.31. The summed E-state index contributed by atoms with van der Waals surface area (Å²) in [6, 6.07) is 3.99. The Labute approximate surface area is 111 Å². The number of phenols is 1. The van der Waals surface area contributed by atoms with Gasteiger partial charge in [0.05, 0.1) is 11.3 Å². The number of carbonyl (C=O) groups is 1. The molecule has 0 saturated heterocycles. The maximum absolute atomic E-state index is 11.7. The highest BCUT2D eigenvalue weighted by Gasteiger charge is 2.12. The summed E-state index contributed by atoms with van der Waals surface area (Å²) in [7, 11) is -3.37. The van der Waals surface area contributed by atoms with Crippen molar-refractivity contribution in [2.24, 2.45) is 0 Å². The summed E-state index contributed by atoms with van der Waals surface area (Å²) in [6.07, 6.45) is 0. The summed E-state index contributed by atoms with van der Waals surface area (Å²) in [5.74, 6) is -0.828. The zero-order chi connectivity index (χ0) is 14.5. The van der Waals surface area contributed by atoms with Gasteiger partial charge >= 0.3 is 0 Å². The molecule has 8 heteroatoms. The van der Waals surface area contributed by atoms with E-state index in [0.717, 1.165) is 0 Å². The van der Waals surface area contributed by atoms with Crippen LogP contribution in [0.15, 0.2) is 18.2 Å². The van der Waals surface area contributed by atoms with E-state index in [1.807, 2.05) is 0 Å². The predicted octanol–water partition coefficient (Wildman–Crippen LogP) is -0.357. The fraction of sp³-hybridized carbons (Fsp3) is 0.364. The lowest BCUT2D eigenvalue weighted by Gasteiger charge is -2.08. The second kappa shape index (κ2) is 6.39. The minimum absolute atomic E-state index is 0.0384. The van der Waals surface area contributed by atoms with Gasteiger partial charge in [-0.1, -0.05) is 6.92 Å². The second-order valence-electron chi connectivity index (χ2n) is 3.84. The van der Waals surface area contributed by atoms with Crippen molar-refractivity contribution in [1.29, 1.82) is 0 Å². The molecule has 0 aromatic heterocycles. The Morgan fingerprint density at radius 3 is 2.74 bits per heavy atom. The van der Waals surface area contributed by atoms with Crippen LogP contribution < -0.4 is 15.8 Å². The summed E-state index contributed by atoms with van der Waals surface area (Å²) in [4.78, 5) is 11.7. The summed E-state index contributed by atoms with van der Waals surface area (Å²) >= 11 is 0. The third-order valence-corrected chi connectivity index (χ3v) is 3.77. The molecule has 19 heavy (non-hydrogen) atoms. The lowest BCUT2D eigenvalue weighted by atomic mass is 10.1. The molecule has 106 valence electrons. The number of nitrogens with two attached hydrogens (primary N) is 1. The molecule has 1 aromatic carbocycles. The molecule has 0 heterocycles. The van der Waals surface area contributed by atoms with Gasteiger partial charge in [-0.15, -0.1) is 0 Å². The monoisotopic (exact) mass is 287 g/mol. The minimum atomic E-state index is -3.37. The van der Waals surface area contributed by atoms with E-state index < -0.39 is 15.9 Å². The van der Waals surface area contributed by atoms with Crippen molar-refractivity contribution in [2.75, 3.05) is 24.6 Å². The van der Waals surface area contributed by atoms with Gasteiger partial charge in [0.25, 0.3) is 5.91 Å².